The van der Waals surface area contributed by atoms with E-state index in [4.69, 9.17) is 0 Å². The van der Waals surface area contributed by atoms with Gasteiger partial charge in [-0.15, -0.1) is 0 Å². The van der Waals surface area contributed by atoms with Crippen molar-refractivity contribution in [2.75, 3.05) is 10.6 Å². The van der Waals surface area contributed by atoms with E-state index in [1.54, 1.807) is 0 Å². The lowest BCUT2D eigenvalue weighted by molar-refractivity contribution is 0.967. The summed E-state index contributed by atoms with van der Waals surface area (Å²) >= 11 is 0. The van der Waals surface area contributed by atoms with Gasteiger partial charge in [0.25, 0.3) is 0 Å². The third-order valence-corrected chi connectivity index (χ3v) is 9.17. The molecular weight excluding hydrogens is 560 g/mol. The van der Waals surface area contributed by atoms with Gasteiger partial charge in [-0.3, -0.25) is 0 Å². The van der Waals surface area contributed by atoms with Gasteiger partial charge in [0.1, 0.15) is 0 Å². The number of para-hydroxylation sites is 5. The Hall–Kier alpha value is -6.00. The molecule has 46 heavy (non-hydrogen) atoms. The lowest BCUT2D eigenvalue weighted by Crippen LogP contribution is -2.01. The van der Waals surface area contributed by atoms with E-state index in [1.807, 2.05) is 0 Å². The molecule has 0 unspecified atom stereocenters. The van der Waals surface area contributed by atoms with Gasteiger partial charge in [0, 0.05) is 44.6 Å². The van der Waals surface area contributed by atoms with E-state index in [2.05, 4.69) is 178 Å². The Balaban J connectivity index is 0.986. The Morgan fingerprint density at radius 1 is 0.435 bits per heavy atom. The minimum Gasteiger partial charge on any atom is -0.354 e. The number of hydrogen-bond donors (Lipinski definition) is 2. The number of rotatable bonds is 6. The van der Waals surface area contributed by atoms with E-state index in [0.717, 1.165) is 41.3 Å². The van der Waals surface area contributed by atoms with Crippen molar-refractivity contribution in [2.24, 2.45) is 0 Å². The Kier molecular flexibility index (Phi) is 6.24. The van der Waals surface area contributed by atoms with E-state index >= 15 is 0 Å². The Labute approximate surface area is 267 Å². The highest BCUT2D eigenvalue weighted by molar-refractivity contribution is 6.09. The van der Waals surface area contributed by atoms with Crippen LogP contribution in [0.4, 0.5) is 22.7 Å². The standard InChI is InChI=1S/C42H32N4/c1-7-17-39-33(11-1)34-12-2-8-18-40(34)45(39)31-25-21-29(22-26-31)43-37-15-5-6-16-38(37)44-30-23-27-32(28-24-30)46-41-19-9-3-13-35(41)36-14-4-10-20-42(36)46/h1-3,5-13,15-28,43-44H,4,14H2. The number of nitrogens with zero attached hydrogens (tertiary/aromatic N) is 2. The first kappa shape index (κ1) is 26.4. The van der Waals surface area contributed by atoms with Crippen LogP contribution in [0.15, 0.2) is 152 Å². The molecule has 9 rings (SSSR count). The van der Waals surface area contributed by atoms with Crippen LogP contribution >= 0.6 is 0 Å². The average Bonchev–Trinajstić information content (AvgIpc) is 3.63. The smallest absolute Gasteiger partial charge is 0.0623 e. The molecule has 2 N–H and O–H groups in total. The van der Waals surface area contributed by atoms with E-state index in [1.165, 1.54) is 49.7 Å². The van der Waals surface area contributed by atoms with E-state index in [9.17, 15) is 0 Å². The molecular formula is C42H32N4. The largest absolute Gasteiger partial charge is 0.354 e. The third kappa shape index (κ3) is 4.38. The van der Waals surface area contributed by atoms with Gasteiger partial charge < -0.3 is 19.8 Å². The van der Waals surface area contributed by atoms with Crippen LogP contribution in [0.2, 0.25) is 0 Å². The molecule has 0 saturated heterocycles. The molecule has 0 amide bonds. The zero-order valence-electron chi connectivity index (χ0n) is 25.3. The zero-order chi connectivity index (χ0) is 30.5. The molecule has 8 aromatic rings. The van der Waals surface area contributed by atoms with Crippen molar-refractivity contribution < 1.29 is 0 Å². The highest BCUT2D eigenvalue weighted by Crippen LogP contribution is 2.36. The summed E-state index contributed by atoms with van der Waals surface area (Å²) in [4.78, 5) is 0. The molecule has 0 saturated carbocycles. The van der Waals surface area contributed by atoms with Crippen molar-refractivity contribution in [3.8, 4) is 11.4 Å². The molecule has 0 spiro atoms. The Bertz CT molecular complexity index is 2350. The van der Waals surface area contributed by atoms with Crippen LogP contribution in [-0.4, -0.2) is 9.13 Å². The predicted octanol–water partition coefficient (Wildman–Crippen LogP) is 11.2. The van der Waals surface area contributed by atoms with Gasteiger partial charge in [0.05, 0.1) is 27.9 Å². The molecule has 2 heterocycles. The summed E-state index contributed by atoms with van der Waals surface area (Å²) in [5.41, 5.74) is 12.9. The number of hydrogen-bond acceptors (Lipinski definition) is 2. The van der Waals surface area contributed by atoms with Crippen LogP contribution in [0.25, 0.3) is 50.2 Å². The lowest BCUT2D eigenvalue weighted by atomic mass is 10.0. The zero-order valence-corrected chi connectivity index (χ0v) is 25.3. The number of fused-ring (bicyclic) bond motifs is 6. The number of anilines is 4. The van der Waals surface area contributed by atoms with Gasteiger partial charge in [-0.2, -0.15) is 0 Å². The van der Waals surface area contributed by atoms with Gasteiger partial charge in [-0.05, 0) is 103 Å². The van der Waals surface area contributed by atoms with E-state index < -0.39 is 0 Å². The van der Waals surface area contributed by atoms with Crippen molar-refractivity contribution in [1.29, 1.82) is 0 Å². The predicted molar refractivity (Wildman–Crippen MR) is 194 cm³/mol. The molecule has 0 radical (unpaired) electrons. The summed E-state index contributed by atoms with van der Waals surface area (Å²) < 4.78 is 4.73. The lowest BCUT2D eigenvalue weighted by Gasteiger charge is -2.16. The van der Waals surface area contributed by atoms with Gasteiger partial charge in [-0.1, -0.05) is 72.8 Å². The maximum absolute atomic E-state index is 3.65. The number of nitrogens with one attached hydrogen (secondary N) is 2. The molecule has 0 atom stereocenters. The minimum absolute atomic E-state index is 1.02. The monoisotopic (exact) mass is 592 g/mol. The minimum atomic E-state index is 1.02. The van der Waals surface area contributed by atoms with Crippen molar-refractivity contribution in [3.63, 3.8) is 0 Å². The molecule has 1 aliphatic carbocycles. The molecule has 4 nitrogen and oxygen atoms in total. The number of aromatic nitrogens is 2. The summed E-state index contributed by atoms with van der Waals surface area (Å²) in [6, 6.07) is 51.8. The van der Waals surface area contributed by atoms with Gasteiger partial charge in [0.2, 0.25) is 0 Å². The normalized spacial score (nSPS) is 12.5. The Morgan fingerprint density at radius 2 is 0.891 bits per heavy atom. The van der Waals surface area contributed by atoms with Crippen molar-refractivity contribution in [1.82, 2.24) is 9.13 Å². The molecule has 1 aliphatic rings. The molecule has 6 aromatic carbocycles. The number of aryl methyl sites for hydroxylation is 1. The van der Waals surface area contributed by atoms with Crippen LogP contribution in [-0.2, 0) is 6.42 Å². The van der Waals surface area contributed by atoms with E-state index in [-0.39, 0.29) is 0 Å². The second-order valence-corrected chi connectivity index (χ2v) is 11.9. The highest BCUT2D eigenvalue weighted by atomic mass is 15.0. The van der Waals surface area contributed by atoms with Gasteiger partial charge in [-0.25, -0.2) is 0 Å². The first-order valence-corrected chi connectivity index (χ1v) is 15.9. The maximum Gasteiger partial charge on any atom is 0.0623 e. The van der Waals surface area contributed by atoms with Crippen LogP contribution in [0, 0.1) is 0 Å². The molecule has 0 bridgehead atoms. The molecule has 0 fully saturated rings. The maximum atomic E-state index is 3.65. The fraction of sp³-hybridized carbons (Fsp3) is 0.0476. The second kappa shape index (κ2) is 10.9. The Morgan fingerprint density at radius 3 is 1.46 bits per heavy atom. The topological polar surface area (TPSA) is 33.9 Å². The van der Waals surface area contributed by atoms with Crippen LogP contribution < -0.4 is 10.6 Å². The first-order chi connectivity index (χ1) is 22.8. The van der Waals surface area contributed by atoms with Gasteiger partial charge in [0.15, 0.2) is 0 Å². The number of benzene rings is 6. The summed E-state index contributed by atoms with van der Waals surface area (Å²) in [5, 5.41) is 11.2. The van der Waals surface area contributed by atoms with Gasteiger partial charge >= 0.3 is 0 Å². The quantitative estimate of drug-likeness (QED) is 0.201. The fourth-order valence-electron chi connectivity index (χ4n) is 7.07. The summed E-state index contributed by atoms with van der Waals surface area (Å²) in [7, 11) is 0. The summed E-state index contributed by atoms with van der Waals surface area (Å²) in [6.07, 6.45) is 6.76. The van der Waals surface area contributed by atoms with Crippen LogP contribution in [0.5, 0.6) is 0 Å². The molecule has 220 valence electrons. The number of allylic oxidation sites excluding steroid dienone is 1. The highest BCUT2D eigenvalue weighted by Gasteiger charge is 2.18. The second-order valence-electron chi connectivity index (χ2n) is 11.9. The molecule has 4 heteroatoms. The SMILES string of the molecule is C1=Cc2c(c3ccccc3n2-c2ccc(Nc3ccccc3Nc3ccc(-n4c5ccccc5c5ccccc54)cc3)cc2)CC1. The van der Waals surface area contributed by atoms with E-state index in [0.29, 0.717) is 0 Å². The molecule has 0 aliphatic heterocycles. The first-order valence-electron chi connectivity index (χ1n) is 15.9. The molecule has 2 aromatic heterocycles. The van der Waals surface area contributed by atoms with Crippen molar-refractivity contribution in [2.45, 2.75) is 12.8 Å². The van der Waals surface area contributed by atoms with Crippen molar-refractivity contribution >= 4 is 61.5 Å². The summed E-state index contributed by atoms with van der Waals surface area (Å²) in [6.45, 7) is 0. The van der Waals surface area contributed by atoms with Crippen molar-refractivity contribution in [3.05, 3.63) is 163 Å². The van der Waals surface area contributed by atoms with Crippen LogP contribution in [0.1, 0.15) is 17.7 Å². The fourth-order valence-corrected chi connectivity index (χ4v) is 7.07. The van der Waals surface area contributed by atoms with Crippen LogP contribution in [0.3, 0.4) is 0 Å². The summed E-state index contributed by atoms with van der Waals surface area (Å²) in [5.74, 6) is 0. The third-order valence-electron chi connectivity index (χ3n) is 9.17. The average molecular weight is 593 g/mol.